The van der Waals surface area contributed by atoms with Gasteiger partial charge in [0.05, 0.1) is 13.2 Å². The Morgan fingerprint density at radius 2 is 1.79 bits per heavy atom. The van der Waals surface area contributed by atoms with E-state index in [0.717, 1.165) is 5.56 Å². The molecule has 0 saturated carbocycles. The van der Waals surface area contributed by atoms with Gasteiger partial charge in [-0.1, -0.05) is 30.3 Å². The lowest BCUT2D eigenvalue weighted by Crippen LogP contribution is -2.46. The second kappa shape index (κ2) is 9.02. The third-order valence-electron chi connectivity index (χ3n) is 2.80. The van der Waals surface area contributed by atoms with Gasteiger partial charge in [0.2, 0.25) is 0 Å². The van der Waals surface area contributed by atoms with Gasteiger partial charge in [-0.05, 0) is 26.3 Å². The number of ether oxygens (including phenoxy) is 2. The monoisotopic (exact) mass is 337 g/mol. The van der Waals surface area contributed by atoms with Crippen molar-refractivity contribution in [2.24, 2.45) is 0 Å². The molecule has 0 spiro atoms. The number of rotatable bonds is 8. The highest BCUT2D eigenvalue weighted by Gasteiger charge is 2.25. The van der Waals surface area contributed by atoms with Crippen molar-refractivity contribution < 1.29 is 29.0 Å². The van der Waals surface area contributed by atoms with Crippen molar-refractivity contribution in [3.8, 4) is 0 Å². The Morgan fingerprint density at radius 1 is 1.17 bits per heavy atom. The fraction of sp³-hybridized carbons (Fsp3) is 0.471. The van der Waals surface area contributed by atoms with E-state index in [2.05, 4.69) is 5.32 Å². The molecule has 1 atom stereocenters. The van der Waals surface area contributed by atoms with Crippen molar-refractivity contribution in [3.05, 3.63) is 35.9 Å². The molecule has 0 bridgehead atoms. The quantitative estimate of drug-likeness (QED) is 0.705. The summed E-state index contributed by atoms with van der Waals surface area (Å²) in [6, 6.07) is 8.20. The molecule has 0 heterocycles. The van der Waals surface area contributed by atoms with Crippen LogP contribution in [-0.4, -0.2) is 41.2 Å². The van der Waals surface area contributed by atoms with Crippen molar-refractivity contribution in [1.82, 2.24) is 5.32 Å². The number of alkyl carbamates (subject to hydrolysis) is 1. The van der Waals surface area contributed by atoms with Crippen LogP contribution in [0.2, 0.25) is 0 Å². The number of carboxylic acid groups (broad SMARTS) is 1. The summed E-state index contributed by atoms with van der Waals surface area (Å²) in [7, 11) is 0. The summed E-state index contributed by atoms with van der Waals surface area (Å²) in [4.78, 5) is 34.5. The SMILES string of the molecule is CC(C)(C)OC(=O)NC(COCc1ccccc1)C(=O)CC(=O)O. The van der Waals surface area contributed by atoms with Crippen LogP contribution in [0.3, 0.4) is 0 Å². The predicted molar refractivity (Wildman–Crippen MR) is 86.5 cm³/mol. The van der Waals surface area contributed by atoms with Crippen molar-refractivity contribution in [1.29, 1.82) is 0 Å². The third kappa shape index (κ3) is 8.28. The summed E-state index contributed by atoms with van der Waals surface area (Å²) in [6.45, 7) is 5.17. The lowest BCUT2D eigenvalue weighted by Gasteiger charge is -2.23. The number of hydrogen-bond donors (Lipinski definition) is 2. The van der Waals surface area contributed by atoms with E-state index in [1.807, 2.05) is 30.3 Å². The zero-order valence-electron chi connectivity index (χ0n) is 14.1. The van der Waals surface area contributed by atoms with Gasteiger partial charge < -0.3 is 19.9 Å². The minimum atomic E-state index is -1.26. The van der Waals surface area contributed by atoms with E-state index in [-0.39, 0.29) is 13.2 Å². The van der Waals surface area contributed by atoms with E-state index in [0.29, 0.717) is 0 Å². The van der Waals surface area contributed by atoms with Gasteiger partial charge in [0.25, 0.3) is 0 Å². The first-order valence-electron chi connectivity index (χ1n) is 7.53. The van der Waals surface area contributed by atoms with Gasteiger partial charge >= 0.3 is 12.1 Å². The normalized spacial score (nSPS) is 12.3. The molecule has 2 N–H and O–H groups in total. The lowest BCUT2D eigenvalue weighted by atomic mass is 10.1. The molecule has 1 aromatic carbocycles. The van der Waals surface area contributed by atoms with Crippen LogP contribution in [0.25, 0.3) is 0 Å². The summed E-state index contributed by atoms with van der Waals surface area (Å²) in [6.07, 6.45) is -1.50. The fourth-order valence-corrected chi connectivity index (χ4v) is 1.81. The molecule has 1 rings (SSSR count). The Balaban J connectivity index is 2.61. The topological polar surface area (TPSA) is 102 Å². The zero-order chi connectivity index (χ0) is 18.2. The van der Waals surface area contributed by atoms with Gasteiger partial charge in [-0.3, -0.25) is 9.59 Å². The van der Waals surface area contributed by atoms with Crippen molar-refractivity contribution in [2.75, 3.05) is 6.61 Å². The highest BCUT2D eigenvalue weighted by molar-refractivity contribution is 5.99. The number of carbonyl (C=O) groups excluding carboxylic acids is 2. The average Bonchev–Trinajstić information content (AvgIpc) is 2.44. The molecule has 0 aliphatic rings. The number of Topliss-reactive ketones (excluding diaryl/α,β-unsaturated/α-hetero) is 1. The number of ketones is 1. The van der Waals surface area contributed by atoms with Crippen molar-refractivity contribution >= 4 is 17.8 Å². The van der Waals surface area contributed by atoms with Crippen LogP contribution in [0.1, 0.15) is 32.8 Å². The van der Waals surface area contributed by atoms with Gasteiger partial charge in [-0.2, -0.15) is 0 Å². The van der Waals surface area contributed by atoms with Crippen LogP contribution in [0.5, 0.6) is 0 Å². The number of carboxylic acids is 1. The van der Waals surface area contributed by atoms with E-state index in [9.17, 15) is 14.4 Å². The number of amides is 1. The molecule has 0 aromatic heterocycles. The van der Waals surface area contributed by atoms with Crippen molar-refractivity contribution in [2.45, 2.75) is 45.4 Å². The van der Waals surface area contributed by atoms with Crippen LogP contribution >= 0.6 is 0 Å². The molecule has 0 radical (unpaired) electrons. The summed E-state index contributed by atoms with van der Waals surface area (Å²) >= 11 is 0. The van der Waals surface area contributed by atoms with Crippen LogP contribution in [0.15, 0.2) is 30.3 Å². The Bertz CT molecular complexity index is 564. The smallest absolute Gasteiger partial charge is 0.408 e. The Labute approximate surface area is 141 Å². The number of carbonyl (C=O) groups is 3. The first kappa shape index (κ1) is 19.6. The molecule has 1 aromatic rings. The molecule has 132 valence electrons. The molecule has 1 unspecified atom stereocenters. The molecule has 24 heavy (non-hydrogen) atoms. The molecule has 0 fully saturated rings. The first-order valence-corrected chi connectivity index (χ1v) is 7.53. The standard InChI is InChI=1S/C17H23NO6/c1-17(2,3)24-16(22)18-13(14(19)9-15(20)21)11-23-10-12-7-5-4-6-8-12/h4-8,13H,9-11H2,1-3H3,(H,18,22)(H,20,21). The minimum Gasteiger partial charge on any atom is -0.481 e. The summed E-state index contributed by atoms with van der Waals surface area (Å²) in [5.41, 5.74) is 0.175. The van der Waals surface area contributed by atoms with Gasteiger partial charge in [-0.15, -0.1) is 0 Å². The zero-order valence-corrected chi connectivity index (χ0v) is 14.1. The van der Waals surface area contributed by atoms with Gasteiger partial charge in [0.15, 0.2) is 5.78 Å². The van der Waals surface area contributed by atoms with Crippen LogP contribution in [0, 0.1) is 0 Å². The van der Waals surface area contributed by atoms with Gasteiger partial charge in [0, 0.05) is 0 Å². The highest BCUT2D eigenvalue weighted by Crippen LogP contribution is 2.08. The van der Waals surface area contributed by atoms with Crippen LogP contribution in [-0.2, 0) is 25.7 Å². The van der Waals surface area contributed by atoms with E-state index < -0.39 is 35.9 Å². The third-order valence-corrected chi connectivity index (χ3v) is 2.80. The highest BCUT2D eigenvalue weighted by atomic mass is 16.6. The van der Waals surface area contributed by atoms with Crippen molar-refractivity contribution in [3.63, 3.8) is 0 Å². The molecular weight excluding hydrogens is 314 g/mol. The molecule has 0 saturated heterocycles. The number of benzene rings is 1. The lowest BCUT2D eigenvalue weighted by molar-refractivity contribution is -0.141. The molecular formula is C17H23NO6. The number of nitrogens with one attached hydrogen (secondary N) is 1. The maximum Gasteiger partial charge on any atom is 0.408 e. The van der Waals surface area contributed by atoms with E-state index in [1.54, 1.807) is 20.8 Å². The second-order valence-corrected chi connectivity index (χ2v) is 6.24. The Hall–Kier alpha value is -2.41. The van der Waals surface area contributed by atoms with Gasteiger partial charge in [0.1, 0.15) is 18.1 Å². The Kier molecular flexibility index (Phi) is 7.38. The summed E-state index contributed by atoms with van der Waals surface area (Å²) < 4.78 is 10.5. The average molecular weight is 337 g/mol. The first-order chi connectivity index (χ1) is 11.2. The molecule has 0 aliphatic carbocycles. The molecule has 7 nitrogen and oxygen atoms in total. The second-order valence-electron chi connectivity index (χ2n) is 6.24. The van der Waals surface area contributed by atoms with E-state index >= 15 is 0 Å². The van der Waals surface area contributed by atoms with Crippen LogP contribution < -0.4 is 5.32 Å². The van der Waals surface area contributed by atoms with Crippen LogP contribution in [0.4, 0.5) is 4.79 Å². The molecule has 7 heteroatoms. The van der Waals surface area contributed by atoms with E-state index in [1.165, 1.54) is 0 Å². The number of hydrogen-bond acceptors (Lipinski definition) is 5. The minimum absolute atomic E-state index is 0.139. The summed E-state index contributed by atoms with van der Waals surface area (Å²) in [5.74, 6) is -1.92. The van der Waals surface area contributed by atoms with Gasteiger partial charge in [-0.25, -0.2) is 4.79 Å². The molecule has 0 aliphatic heterocycles. The maximum atomic E-state index is 12.0. The predicted octanol–water partition coefficient (Wildman–Crippen LogP) is 2.14. The Morgan fingerprint density at radius 3 is 2.33 bits per heavy atom. The fourth-order valence-electron chi connectivity index (χ4n) is 1.81. The molecule has 1 amide bonds. The van der Waals surface area contributed by atoms with E-state index in [4.69, 9.17) is 14.6 Å². The largest absolute Gasteiger partial charge is 0.481 e. The summed E-state index contributed by atoms with van der Waals surface area (Å²) in [5, 5.41) is 11.1. The maximum absolute atomic E-state index is 12.0. The number of aliphatic carboxylic acids is 1.